The monoisotopic (exact) mass is 274 g/mol. The van der Waals surface area contributed by atoms with Crippen LogP contribution >= 0.6 is 0 Å². The molecule has 0 bridgehead atoms. The first kappa shape index (κ1) is 8.61. The van der Waals surface area contributed by atoms with Gasteiger partial charge in [0.2, 0.25) is 5.69 Å². The third-order valence-electron chi connectivity index (χ3n) is 3.60. The Labute approximate surface area is 131 Å². The molecule has 0 amide bonds. The van der Waals surface area contributed by atoms with Gasteiger partial charge in [-0.15, -0.1) is 0 Å². The Morgan fingerprint density at radius 2 is 1.80 bits per heavy atom. The summed E-state index contributed by atoms with van der Waals surface area (Å²) in [4.78, 5) is 0. The zero-order chi connectivity index (χ0) is 20.1. The third-order valence-corrected chi connectivity index (χ3v) is 3.60. The maximum Gasteiger partial charge on any atom is 0.212 e. The molecular weight excluding hydrogens is 242 g/mol. The number of hydrogen-bond acceptors (Lipinski definition) is 0. The molecule has 0 aliphatic heterocycles. The summed E-state index contributed by atoms with van der Waals surface area (Å²) in [6.45, 7) is 3.46. The van der Waals surface area contributed by atoms with Gasteiger partial charge in [0.25, 0.3) is 0 Å². The lowest BCUT2D eigenvalue weighted by Gasteiger charge is -2.21. The molecule has 1 nitrogen and oxygen atoms in total. The van der Waals surface area contributed by atoms with Gasteiger partial charge in [0, 0.05) is 25.4 Å². The lowest BCUT2D eigenvalue weighted by molar-refractivity contribution is -0.660. The Hall–Kier alpha value is -1.63. The van der Waals surface area contributed by atoms with Crippen LogP contribution in [0.25, 0.3) is 11.3 Å². The summed E-state index contributed by atoms with van der Waals surface area (Å²) in [5.74, 6) is 0. The van der Waals surface area contributed by atoms with Gasteiger partial charge in [0.1, 0.15) is 7.05 Å². The van der Waals surface area contributed by atoms with E-state index in [0.29, 0.717) is 5.56 Å². The summed E-state index contributed by atoms with van der Waals surface area (Å²) >= 11 is 0. The van der Waals surface area contributed by atoms with Gasteiger partial charge in [-0.2, -0.15) is 0 Å². The first-order valence-electron chi connectivity index (χ1n) is 9.78. The number of aromatic nitrogens is 1. The van der Waals surface area contributed by atoms with Crippen molar-refractivity contribution >= 4 is 0 Å². The number of benzene rings is 1. The third kappa shape index (κ3) is 2.77. The second-order valence-corrected chi connectivity index (χ2v) is 6.38. The highest BCUT2D eigenvalue weighted by molar-refractivity contribution is 5.63. The quantitative estimate of drug-likeness (QED) is 0.679. The molecular formula is C19H26N+. The molecule has 1 heterocycles. The molecule has 0 saturated heterocycles. The van der Waals surface area contributed by atoms with Crippen LogP contribution in [0.3, 0.4) is 0 Å². The molecule has 0 radical (unpaired) electrons. The van der Waals surface area contributed by atoms with Crippen LogP contribution in [-0.2, 0) is 12.5 Å². The van der Waals surface area contributed by atoms with Gasteiger partial charge in [0.15, 0.2) is 6.20 Å². The van der Waals surface area contributed by atoms with Crippen molar-refractivity contribution in [3.05, 3.63) is 52.7 Å². The van der Waals surface area contributed by atoms with Crippen molar-refractivity contribution in [1.82, 2.24) is 0 Å². The summed E-state index contributed by atoms with van der Waals surface area (Å²) in [5.41, 5.74) is 3.51. The Bertz CT molecular complexity index is 826. The lowest BCUT2D eigenvalue weighted by atomic mass is 9.83. The van der Waals surface area contributed by atoms with Crippen molar-refractivity contribution < 1.29 is 12.8 Å². The molecule has 106 valence electrons. The second kappa shape index (κ2) is 5.05. The van der Waals surface area contributed by atoms with Crippen LogP contribution in [0.4, 0.5) is 0 Å². The zero-order valence-electron chi connectivity index (χ0n) is 18.8. The van der Waals surface area contributed by atoms with Crippen molar-refractivity contribution in [3.63, 3.8) is 0 Å². The first-order valence-corrected chi connectivity index (χ1v) is 6.78. The highest BCUT2D eigenvalue weighted by Gasteiger charge is 2.22. The van der Waals surface area contributed by atoms with Gasteiger partial charge in [0.05, 0.1) is 0 Å². The lowest BCUT2D eigenvalue weighted by Crippen LogP contribution is -2.33. The van der Waals surface area contributed by atoms with E-state index in [9.17, 15) is 0 Å². The molecule has 1 aromatic heterocycles. The largest absolute Gasteiger partial charge is 0.212 e. The second-order valence-electron chi connectivity index (χ2n) is 6.38. The molecule has 1 heteroatoms. The fourth-order valence-corrected chi connectivity index (χ4v) is 2.44. The average molecular weight is 274 g/mol. The van der Waals surface area contributed by atoms with Crippen molar-refractivity contribution in [1.29, 1.82) is 0 Å². The molecule has 0 spiro atoms. The highest BCUT2D eigenvalue weighted by atomic mass is 14.9. The first-order chi connectivity index (χ1) is 11.6. The van der Waals surface area contributed by atoms with Crippen LogP contribution in [-0.4, -0.2) is 0 Å². The standard InChI is InChI=1S/C19H26N/c1-13-8-9-14(2)16(10-13)18-11-17(19(4,5)6)15(3)12-20(18)7/h8-12H,1-7H3/q+1/i1D3,3D3. The van der Waals surface area contributed by atoms with Gasteiger partial charge >= 0.3 is 0 Å². The predicted octanol–water partition coefficient (Wildman–Crippen LogP) is 4.40. The van der Waals surface area contributed by atoms with Gasteiger partial charge in [-0.05, 0) is 43.2 Å². The van der Waals surface area contributed by atoms with Crippen molar-refractivity contribution in [2.24, 2.45) is 7.05 Å². The normalized spacial score (nSPS) is 17.4. The van der Waals surface area contributed by atoms with Crippen LogP contribution in [0.5, 0.6) is 0 Å². The number of hydrogen-bond donors (Lipinski definition) is 0. The van der Waals surface area contributed by atoms with E-state index in [1.54, 1.807) is 36.0 Å². The van der Waals surface area contributed by atoms with Crippen LogP contribution in [0.1, 0.15) is 51.2 Å². The van der Waals surface area contributed by atoms with E-state index >= 15 is 0 Å². The summed E-state index contributed by atoms with van der Waals surface area (Å²) in [7, 11) is 1.79. The minimum absolute atomic E-state index is 0.273. The van der Waals surface area contributed by atoms with Crippen LogP contribution < -0.4 is 4.57 Å². The fraction of sp³-hybridized carbons (Fsp3) is 0.421. The van der Waals surface area contributed by atoms with E-state index < -0.39 is 13.7 Å². The van der Waals surface area contributed by atoms with E-state index in [2.05, 4.69) is 0 Å². The van der Waals surface area contributed by atoms with E-state index in [4.69, 9.17) is 8.22 Å². The molecule has 1 aromatic carbocycles. The van der Waals surface area contributed by atoms with E-state index in [-0.39, 0.29) is 11.0 Å². The van der Waals surface area contributed by atoms with E-state index in [0.717, 1.165) is 22.4 Å². The van der Waals surface area contributed by atoms with Crippen molar-refractivity contribution in [2.45, 2.75) is 46.8 Å². The van der Waals surface area contributed by atoms with Crippen molar-refractivity contribution in [3.8, 4) is 11.3 Å². The molecule has 2 rings (SSSR count). The molecule has 0 fully saturated rings. The summed E-state index contributed by atoms with van der Waals surface area (Å²) in [6, 6.07) is 6.98. The zero-order valence-corrected chi connectivity index (χ0v) is 12.8. The van der Waals surface area contributed by atoms with Gasteiger partial charge in [-0.1, -0.05) is 38.5 Å². The number of aryl methyl sites for hydroxylation is 4. The summed E-state index contributed by atoms with van der Waals surface area (Å²) in [5, 5.41) is 0. The molecule has 2 aromatic rings. The molecule has 20 heavy (non-hydrogen) atoms. The maximum atomic E-state index is 7.87. The minimum Gasteiger partial charge on any atom is -0.201 e. The van der Waals surface area contributed by atoms with E-state index in [1.165, 1.54) is 0 Å². The Morgan fingerprint density at radius 1 is 1.05 bits per heavy atom. The van der Waals surface area contributed by atoms with E-state index in [1.807, 2.05) is 33.8 Å². The van der Waals surface area contributed by atoms with Crippen LogP contribution in [0.15, 0.2) is 30.5 Å². The molecule has 0 aliphatic rings. The van der Waals surface area contributed by atoms with Gasteiger partial charge in [-0.25, -0.2) is 4.57 Å². The van der Waals surface area contributed by atoms with Crippen LogP contribution in [0, 0.1) is 20.6 Å². The maximum absolute atomic E-state index is 7.87. The SMILES string of the molecule is [2H]C([2H])([2H])c1ccc(C)c(-c2cc(C(C)(C)C)c(C([2H])([2H])[2H])c[n+]2C)c1. The Kier molecular flexibility index (Phi) is 2.17. The fourth-order valence-electron chi connectivity index (χ4n) is 2.44. The van der Waals surface area contributed by atoms with Gasteiger partial charge < -0.3 is 0 Å². The number of rotatable bonds is 1. The Balaban J connectivity index is 2.80. The minimum atomic E-state index is -2.21. The molecule has 0 saturated carbocycles. The smallest absolute Gasteiger partial charge is 0.201 e. The predicted molar refractivity (Wildman–Crippen MR) is 86.0 cm³/mol. The Morgan fingerprint density at radius 3 is 2.40 bits per heavy atom. The highest BCUT2D eigenvalue weighted by Crippen LogP contribution is 2.29. The van der Waals surface area contributed by atoms with Gasteiger partial charge in [-0.3, -0.25) is 0 Å². The summed E-state index contributed by atoms with van der Waals surface area (Å²) in [6.07, 6.45) is 1.64. The van der Waals surface area contributed by atoms with Crippen molar-refractivity contribution in [2.75, 3.05) is 0 Å². The molecule has 0 unspecified atom stereocenters. The molecule has 0 N–H and O–H groups in total. The molecule has 0 atom stereocenters. The average Bonchev–Trinajstić information content (AvgIpc) is 2.44. The number of pyridine rings is 1. The van der Waals surface area contributed by atoms with Crippen LogP contribution in [0.2, 0.25) is 0 Å². The summed E-state index contributed by atoms with van der Waals surface area (Å²) < 4.78 is 48.4. The topological polar surface area (TPSA) is 3.88 Å². The molecule has 0 aliphatic carbocycles. The number of nitrogens with zero attached hydrogens (tertiary/aromatic N) is 1.